The van der Waals surface area contributed by atoms with Gasteiger partial charge in [0.05, 0.1) is 52.1 Å². The molecule has 0 amide bonds. The number of fused-ring (bicyclic) bond motifs is 3. The molecule has 7 nitrogen and oxygen atoms in total. The van der Waals surface area contributed by atoms with Gasteiger partial charge in [-0.15, -0.1) is 0 Å². The SMILES string of the molecule is BrCc1cccc(CBr)c1.[K+].[OH-].c1cc(Cn2cnc3ccccc32)cc(Cn2cnc3ccccc32)c1.c1ccc2[nH]cnc2c1. The minimum atomic E-state index is 0. The van der Waals surface area contributed by atoms with Crippen LogP contribution in [0.2, 0.25) is 0 Å². The fraction of sp³-hybridized carbons (Fsp3) is 0.108. The van der Waals surface area contributed by atoms with Crippen molar-refractivity contribution in [2.45, 2.75) is 23.7 Å². The summed E-state index contributed by atoms with van der Waals surface area (Å²) >= 11 is 6.81. The molecule has 3 heterocycles. The third-order valence-corrected chi connectivity index (χ3v) is 8.67. The minimum Gasteiger partial charge on any atom is -0.870 e. The molecule has 2 N–H and O–H groups in total. The van der Waals surface area contributed by atoms with Crippen molar-refractivity contribution in [1.82, 2.24) is 29.1 Å². The molecule has 0 aliphatic rings. The van der Waals surface area contributed by atoms with Crippen LogP contribution in [0.25, 0.3) is 33.1 Å². The Morgan fingerprint density at radius 3 is 1.47 bits per heavy atom. The standard InChI is InChI=1S/C22H18N4.C8H8Br2.C7H6N2.K.H2O/c1-3-10-21-19(8-1)23-15-25(21)13-17-6-5-7-18(12-17)14-26-16-24-20-9-2-4-11-22(20)26;9-5-7-2-1-3-8(4-7)6-10;1-2-4-7-6(3-1)8-5-9-7;;/h1-12,15-16H,13-14H2;1-4H,5-6H2;1-5H,(H,8,9);;1H2/q;;;+1;/p-1. The van der Waals surface area contributed by atoms with Crippen molar-refractivity contribution in [3.63, 3.8) is 0 Å². The number of halogens is 2. The average molecular weight is 777 g/mol. The van der Waals surface area contributed by atoms with Gasteiger partial charge in [0.2, 0.25) is 0 Å². The summed E-state index contributed by atoms with van der Waals surface area (Å²) in [4.78, 5) is 16.0. The van der Waals surface area contributed by atoms with Crippen molar-refractivity contribution >= 4 is 65.0 Å². The summed E-state index contributed by atoms with van der Waals surface area (Å²) in [5.41, 5.74) is 11.7. The molecule has 0 aliphatic carbocycles. The van der Waals surface area contributed by atoms with Crippen LogP contribution in [0.5, 0.6) is 0 Å². The van der Waals surface area contributed by atoms with Crippen LogP contribution in [0, 0.1) is 0 Å². The summed E-state index contributed by atoms with van der Waals surface area (Å²) in [6.45, 7) is 1.64. The molecule has 0 fully saturated rings. The van der Waals surface area contributed by atoms with E-state index in [4.69, 9.17) is 0 Å². The molecular weight excluding hydrogens is 743 g/mol. The van der Waals surface area contributed by atoms with E-state index in [2.05, 4.69) is 134 Å². The molecule has 0 atom stereocenters. The molecule has 8 aromatic rings. The van der Waals surface area contributed by atoms with Crippen LogP contribution in [-0.2, 0) is 23.7 Å². The molecule has 0 radical (unpaired) electrons. The first-order chi connectivity index (χ1) is 22.2. The molecule has 8 rings (SSSR count). The van der Waals surface area contributed by atoms with E-state index in [0.29, 0.717) is 0 Å². The zero-order chi connectivity index (χ0) is 30.8. The summed E-state index contributed by atoms with van der Waals surface area (Å²) in [5.74, 6) is 0. The summed E-state index contributed by atoms with van der Waals surface area (Å²) in [6, 6.07) is 41.7. The van der Waals surface area contributed by atoms with Crippen LogP contribution in [0.15, 0.2) is 140 Å². The van der Waals surface area contributed by atoms with Crippen LogP contribution in [0.3, 0.4) is 0 Å². The monoisotopic (exact) mass is 774 g/mol. The van der Waals surface area contributed by atoms with E-state index in [1.165, 1.54) is 33.3 Å². The third kappa shape index (κ3) is 9.80. The van der Waals surface area contributed by atoms with Crippen molar-refractivity contribution in [2.75, 3.05) is 0 Å². The van der Waals surface area contributed by atoms with Crippen LogP contribution >= 0.6 is 31.9 Å². The summed E-state index contributed by atoms with van der Waals surface area (Å²) < 4.78 is 4.39. The van der Waals surface area contributed by atoms with E-state index < -0.39 is 0 Å². The zero-order valence-electron chi connectivity index (χ0n) is 26.0. The van der Waals surface area contributed by atoms with E-state index in [1.807, 2.05) is 61.2 Å². The van der Waals surface area contributed by atoms with E-state index in [0.717, 1.165) is 45.8 Å². The predicted molar refractivity (Wildman–Crippen MR) is 194 cm³/mol. The minimum absolute atomic E-state index is 0. The van der Waals surface area contributed by atoms with Gasteiger partial charge < -0.3 is 19.6 Å². The second-order valence-electron chi connectivity index (χ2n) is 10.5. The van der Waals surface area contributed by atoms with Crippen molar-refractivity contribution < 1.29 is 56.9 Å². The Balaban J connectivity index is 0.000000196. The largest absolute Gasteiger partial charge is 1.00 e. The molecule has 47 heavy (non-hydrogen) atoms. The Kier molecular flexibility index (Phi) is 14.6. The first-order valence-corrected chi connectivity index (χ1v) is 16.9. The van der Waals surface area contributed by atoms with Gasteiger partial charge in [-0.3, -0.25) is 0 Å². The van der Waals surface area contributed by atoms with Crippen molar-refractivity contribution in [3.8, 4) is 0 Å². The topological polar surface area (TPSA) is 94.3 Å². The molecule has 5 aromatic carbocycles. The van der Waals surface area contributed by atoms with E-state index in [9.17, 15) is 0 Å². The smallest absolute Gasteiger partial charge is 0.870 e. The summed E-state index contributed by atoms with van der Waals surface area (Å²) in [5, 5.41) is 1.88. The first kappa shape index (κ1) is 36.9. The zero-order valence-corrected chi connectivity index (χ0v) is 32.3. The van der Waals surface area contributed by atoms with Gasteiger partial charge in [-0.05, 0) is 58.7 Å². The molecular formula is C37H33Br2KN6O. The van der Waals surface area contributed by atoms with Crippen molar-refractivity contribution in [1.29, 1.82) is 0 Å². The number of aromatic amines is 1. The van der Waals surface area contributed by atoms with Gasteiger partial charge in [0.25, 0.3) is 0 Å². The molecule has 0 unspecified atom stereocenters. The Labute approximate surface area is 333 Å². The number of rotatable bonds is 6. The average Bonchev–Trinajstić information content (AvgIpc) is 3.85. The normalized spacial score (nSPS) is 10.3. The molecule has 0 saturated heterocycles. The number of hydrogen-bond acceptors (Lipinski definition) is 4. The van der Waals surface area contributed by atoms with E-state index in [-0.39, 0.29) is 56.9 Å². The predicted octanol–water partition coefficient (Wildman–Crippen LogP) is 6.35. The Bertz CT molecular complexity index is 2000. The summed E-state index contributed by atoms with van der Waals surface area (Å²) in [7, 11) is 0. The number of hydrogen-bond donors (Lipinski definition) is 1. The quantitative estimate of drug-likeness (QED) is 0.158. The maximum Gasteiger partial charge on any atom is 1.00 e. The number of nitrogens with zero attached hydrogens (tertiary/aromatic N) is 5. The number of aromatic nitrogens is 6. The van der Waals surface area contributed by atoms with Gasteiger partial charge in [0, 0.05) is 23.7 Å². The van der Waals surface area contributed by atoms with Crippen LogP contribution in [0.1, 0.15) is 22.3 Å². The third-order valence-electron chi connectivity index (χ3n) is 7.38. The Morgan fingerprint density at radius 1 is 0.511 bits per heavy atom. The first-order valence-electron chi connectivity index (χ1n) is 14.7. The molecule has 0 aliphatic heterocycles. The molecule has 0 spiro atoms. The Morgan fingerprint density at radius 2 is 0.957 bits per heavy atom. The molecule has 0 bridgehead atoms. The molecule has 10 heteroatoms. The van der Waals surface area contributed by atoms with Gasteiger partial charge in [0.15, 0.2) is 0 Å². The number of nitrogens with one attached hydrogen (secondary N) is 1. The molecule has 232 valence electrons. The molecule has 3 aromatic heterocycles. The fourth-order valence-corrected chi connectivity index (χ4v) is 5.87. The van der Waals surface area contributed by atoms with Crippen molar-refractivity contribution in [3.05, 3.63) is 163 Å². The fourth-order valence-electron chi connectivity index (χ4n) is 5.17. The second-order valence-corrected chi connectivity index (χ2v) is 11.7. The maximum atomic E-state index is 4.48. The van der Waals surface area contributed by atoms with Crippen molar-refractivity contribution in [2.24, 2.45) is 0 Å². The van der Waals surface area contributed by atoms with Gasteiger partial charge in [-0.1, -0.05) is 117 Å². The maximum absolute atomic E-state index is 4.48. The Hall–Kier alpha value is -2.93. The number of benzene rings is 5. The van der Waals surface area contributed by atoms with Crippen LogP contribution in [0.4, 0.5) is 0 Å². The second kappa shape index (κ2) is 18.6. The number of alkyl halides is 2. The summed E-state index contributed by atoms with van der Waals surface area (Å²) in [6.07, 6.45) is 5.53. The number of H-pyrrole nitrogens is 1. The number of imidazole rings is 3. The van der Waals surface area contributed by atoms with Gasteiger partial charge >= 0.3 is 51.4 Å². The van der Waals surface area contributed by atoms with E-state index >= 15 is 0 Å². The van der Waals surface area contributed by atoms with Gasteiger partial charge in [-0.25, -0.2) is 15.0 Å². The van der Waals surface area contributed by atoms with Crippen LogP contribution < -0.4 is 51.4 Å². The molecule has 0 saturated carbocycles. The number of para-hydroxylation sites is 6. The van der Waals surface area contributed by atoms with E-state index in [1.54, 1.807) is 6.33 Å². The van der Waals surface area contributed by atoms with Gasteiger partial charge in [0.1, 0.15) is 0 Å². The van der Waals surface area contributed by atoms with Gasteiger partial charge in [-0.2, -0.15) is 0 Å². The van der Waals surface area contributed by atoms with Crippen LogP contribution in [-0.4, -0.2) is 34.5 Å².